The second-order valence-electron chi connectivity index (χ2n) is 2.23. The molecule has 1 aromatic carbocycles. The average Bonchev–Trinajstić information content (AvgIpc) is 2.09. The zero-order valence-electron chi connectivity index (χ0n) is 6.26. The Hall–Kier alpha value is -0.533. The van der Waals surface area contributed by atoms with Crippen molar-refractivity contribution in [1.82, 2.24) is 0 Å². The van der Waals surface area contributed by atoms with Gasteiger partial charge in [-0.2, -0.15) is 0 Å². The van der Waals surface area contributed by atoms with Crippen LogP contribution in [0.5, 0.6) is 0 Å². The Bertz CT molecular complexity index is 220. The first kappa shape index (κ1) is 8.56. The van der Waals surface area contributed by atoms with Gasteiger partial charge in [0.2, 0.25) is 0 Å². The Morgan fingerprint density at radius 2 is 2.00 bits per heavy atom. The van der Waals surface area contributed by atoms with Crippen LogP contribution < -0.4 is 5.19 Å². The molecule has 0 aliphatic rings. The van der Waals surface area contributed by atoms with Crippen molar-refractivity contribution in [3.05, 3.63) is 42.6 Å². The van der Waals surface area contributed by atoms with Crippen LogP contribution >= 0.6 is 11.6 Å². The molecule has 0 aliphatic carbocycles. The molecule has 0 atom stereocenters. The lowest BCUT2D eigenvalue weighted by molar-refractivity contribution is 1.75. The van der Waals surface area contributed by atoms with Gasteiger partial charge in [-0.05, 0) is 0 Å². The van der Waals surface area contributed by atoms with Crippen LogP contribution in [0.2, 0.25) is 0 Å². The monoisotopic (exact) mass is 181 g/mol. The van der Waals surface area contributed by atoms with Gasteiger partial charge in [-0.1, -0.05) is 41.2 Å². The molecular formula is C9H10ClSi. The summed E-state index contributed by atoms with van der Waals surface area (Å²) in [5.41, 5.74) is 2.69. The van der Waals surface area contributed by atoms with Crippen molar-refractivity contribution in [2.75, 3.05) is 5.50 Å². The first-order valence-electron chi connectivity index (χ1n) is 3.48. The lowest BCUT2D eigenvalue weighted by Gasteiger charge is -2.04. The van der Waals surface area contributed by atoms with E-state index in [1.54, 1.807) is 0 Å². The molecule has 0 N–H and O–H groups in total. The molecule has 1 radical (unpaired) electrons. The molecule has 1 rings (SSSR count). The summed E-state index contributed by atoms with van der Waals surface area (Å²) in [5.74, 6) is 0. The van der Waals surface area contributed by atoms with E-state index in [-0.39, 0.29) is 0 Å². The number of hydrogen-bond donors (Lipinski definition) is 0. The maximum Gasteiger partial charge on any atom is 0.127 e. The Labute approximate surface area is 74.1 Å². The summed E-state index contributed by atoms with van der Waals surface area (Å²) in [7, 11) is -0.672. The molecule has 0 aliphatic heterocycles. The largest absolute Gasteiger partial charge is 0.130 e. The zero-order valence-corrected chi connectivity index (χ0v) is 8.01. The summed E-state index contributed by atoms with van der Waals surface area (Å²) in [6.07, 6.45) is 0. The van der Waals surface area contributed by atoms with Crippen molar-refractivity contribution in [3.63, 3.8) is 0 Å². The van der Waals surface area contributed by atoms with Crippen molar-refractivity contribution < 1.29 is 0 Å². The highest BCUT2D eigenvalue weighted by atomic mass is 35.5. The first-order chi connectivity index (χ1) is 5.38. The summed E-state index contributed by atoms with van der Waals surface area (Å²) in [5, 5.41) is 1.34. The standard InChI is InChI=1S/C9H10ClSi/c1-2-11(8-10)9-6-4-3-5-7-9/h2-7H,1,8H2. The van der Waals surface area contributed by atoms with Crippen molar-refractivity contribution in [2.24, 2.45) is 0 Å². The molecule has 0 bridgehead atoms. The molecule has 0 spiro atoms. The Morgan fingerprint density at radius 1 is 1.36 bits per heavy atom. The average molecular weight is 182 g/mol. The summed E-state index contributed by atoms with van der Waals surface area (Å²) >= 11 is 5.78. The van der Waals surface area contributed by atoms with E-state index in [9.17, 15) is 0 Å². The molecule has 57 valence electrons. The highest BCUT2D eigenvalue weighted by molar-refractivity contribution is 6.82. The third-order valence-corrected chi connectivity index (χ3v) is 4.25. The van der Waals surface area contributed by atoms with Crippen LogP contribution in [0.15, 0.2) is 42.6 Å². The maximum absolute atomic E-state index is 5.78. The molecule has 0 saturated heterocycles. The minimum Gasteiger partial charge on any atom is -0.130 e. The van der Waals surface area contributed by atoms with Gasteiger partial charge in [-0.15, -0.1) is 18.2 Å². The SMILES string of the molecule is C=C[Si](CCl)c1ccccc1. The van der Waals surface area contributed by atoms with E-state index in [4.69, 9.17) is 11.6 Å². The highest BCUT2D eigenvalue weighted by Gasteiger charge is 2.06. The minimum absolute atomic E-state index is 0.672. The van der Waals surface area contributed by atoms with Gasteiger partial charge < -0.3 is 0 Å². The minimum atomic E-state index is -0.672. The van der Waals surface area contributed by atoms with Gasteiger partial charge in [0.25, 0.3) is 0 Å². The van der Waals surface area contributed by atoms with Gasteiger partial charge in [-0.25, -0.2) is 0 Å². The molecule has 11 heavy (non-hydrogen) atoms. The molecule has 0 nitrogen and oxygen atoms in total. The van der Waals surface area contributed by atoms with E-state index in [1.165, 1.54) is 5.19 Å². The van der Waals surface area contributed by atoms with E-state index in [1.807, 2.05) is 23.9 Å². The van der Waals surface area contributed by atoms with Crippen LogP contribution in [-0.2, 0) is 0 Å². The van der Waals surface area contributed by atoms with E-state index in [2.05, 4.69) is 18.7 Å². The molecular weight excluding hydrogens is 172 g/mol. The normalized spacial score (nSPS) is 10.0. The molecule has 0 unspecified atom stereocenters. The lowest BCUT2D eigenvalue weighted by Crippen LogP contribution is -2.29. The molecule has 0 aromatic heterocycles. The third-order valence-electron chi connectivity index (χ3n) is 1.53. The second-order valence-corrected chi connectivity index (χ2v) is 5.33. The summed E-state index contributed by atoms with van der Waals surface area (Å²) in [4.78, 5) is 0. The molecule has 0 fully saturated rings. The van der Waals surface area contributed by atoms with Crippen molar-refractivity contribution in [3.8, 4) is 0 Å². The van der Waals surface area contributed by atoms with Crippen LogP contribution in [0.4, 0.5) is 0 Å². The fraction of sp³-hybridized carbons (Fsp3) is 0.111. The number of halogens is 1. The molecule has 0 amide bonds. The van der Waals surface area contributed by atoms with Crippen molar-refractivity contribution in [1.29, 1.82) is 0 Å². The van der Waals surface area contributed by atoms with Crippen LogP contribution in [0, 0.1) is 0 Å². The van der Waals surface area contributed by atoms with Crippen LogP contribution in [0.3, 0.4) is 0 Å². The number of hydrogen-bond acceptors (Lipinski definition) is 0. The topological polar surface area (TPSA) is 0 Å². The quantitative estimate of drug-likeness (QED) is 0.494. The van der Waals surface area contributed by atoms with E-state index in [0.29, 0.717) is 5.50 Å². The summed E-state index contributed by atoms with van der Waals surface area (Å²) in [6, 6.07) is 10.3. The van der Waals surface area contributed by atoms with E-state index < -0.39 is 8.80 Å². The number of alkyl halides is 1. The van der Waals surface area contributed by atoms with Gasteiger partial charge >= 0.3 is 0 Å². The fourth-order valence-electron chi connectivity index (χ4n) is 0.902. The smallest absolute Gasteiger partial charge is 0.127 e. The van der Waals surface area contributed by atoms with Gasteiger partial charge in [0.15, 0.2) is 0 Å². The predicted molar refractivity (Wildman–Crippen MR) is 52.7 cm³/mol. The highest BCUT2D eigenvalue weighted by Crippen LogP contribution is 1.91. The van der Waals surface area contributed by atoms with Crippen molar-refractivity contribution >= 4 is 25.6 Å². The van der Waals surface area contributed by atoms with Gasteiger partial charge in [0, 0.05) is 5.50 Å². The summed E-state index contributed by atoms with van der Waals surface area (Å²) in [6.45, 7) is 3.77. The molecule has 0 heterocycles. The first-order valence-corrected chi connectivity index (χ1v) is 5.80. The Balaban J connectivity index is 2.82. The van der Waals surface area contributed by atoms with E-state index >= 15 is 0 Å². The molecule has 1 aromatic rings. The molecule has 2 heteroatoms. The van der Waals surface area contributed by atoms with Crippen LogP contribution in [-0.4, -0.2) is 14.3 Å². The van der Waals surface area contributed by atoms with Crippen LogP contribution in [0.25, 0.3) is 0 Å². The Kier molecular flexibility index (Phi) is 3.40. The fourth-order valence-corrected chi connectivity index (χ4v) is 2.81. The predicted octanol–water partition coefficient (Wildman–Crippen LogP) is 1.89. The van der Waals surface area contributed by atoms with E-state index in [0.717, 1.165) is 0 Å². The second kappa shape index (κ2) is 4.37. The maximum atomic E-state index is 5.78. The van der Waals surface area contributed by atoms with Crippen LogP contribution in [0.1, 0.15) is 0 Å². The number of benzene rings is 1. The molecule has 0 saturated carbocycles. The Morgan fingerprint density at radius 3 is 2.45 bits per heavy atom. The summed E-state index contributed by atoms with van der Waals surface area (Å²) < 4.78 is 0. The third kappa shape index (κ3) is 2.21. The lowest BCUT2D eigenvalue weighted by atomic mass is 10.4. The van der Waals surface area contributed by atoms with Crippen molar-refractivity contribution in [2.45, 2.75) is 0 Å². The van der Waals surface area contributed by atoms with Gasteiger partial charge in [0.1, 0.15) is 8.80 Å². The van der Waals surface area contributed by atoms with Gasteiger partial charge in [-0.3, -0.25) is 0 Å². The number of rotatable bonds is 3. The van der Waals surface area contributed by atoms with Gasteiger partial charge in [0.05, 0.1) is 0 Å². The zero-order chi connectivity index (χ0) is 8.10.